The van der Waals surface area contributed by atoms with Gasteiger partial charge in [-0.3, -0.25) is 19.1 Å². The quantitative estimate of drug-likeness (QED) is 0.0730. The molecule has 2 amide bonds. The van der Waals surface area contributed by atoms with E-state index in [2.05, 4.69) is 24.7 Å². The van der Waals surface area contributed by atoms with Crippen LogP contribution in [0.3, 0.4) is 0 Å². The third kappa shape index (κ3) is 6.84. The SMILES string of the molecule is CC(O/N=C(\C(=O)NC1C(=O)N(OS(=O)(=O)O)C1(C)C)c1csc(N)n1)C1CCc2cc(C(N)=NCC3CC4(CC(N)C4)C3)ccc2O1. The lowest BCUT2D eigenvalue weighted by Gasteiger charge is -2.56. The molecule has 260 valence electrons. The summed E-state index contributed by atoms with van der Waals surface area (Å²) in [5.74, 6) is 0.0465. The Kier molecular flexibility index (Phi) is 8.91. The molecule has 18 heteroatoms. The number of aliphatic imine (C=N–C) groups is 1. The summed E-state index contributed by atoms with van der Waals surface area (Å²) in [6.07, 6.45) is 4.92. The van der Waals surface area contributed by atoms with Crippen molar-refractivity contribution < 1.29 is 36.4 Å². The molecule has 3 fully saturated rings. The number of anilines is 1. The van der Waals surface area contributed by atoms with Gasteiger partial charge in [-0.25, -0.2) is 4.98 Å². The van der Waals surface area contributed by atoms with Crippen molar-refractivity contribution in [1.82, 2.24) is 15.4 Å². The molecule has 2 saturated carbocycles. The van der Waals surface area contributed by atoms with E-state index in [4.69, 9.17) is 31.3 Å². The number of aryl methyl sites for hydroxylation is 1. The first-order valence-corrected chi connectivity index (χ1v) is 17.9. The van der Waals surface area contributed by atoms with Gasteiger partial charge in [0.15, 0.2) is 16.9 Å². The standard InChI is InChI=1S/C30H40N8O8S2/c1-15(21-6-4-17-8-18(5-7-22(17)44-21)25(32)34-13-16-9-30(10-16)11-19(31)12-30)45-37-23(20-14-47-28(33)35-20)26(39)36-24-27(40)38(29(24,2)3)46-48(41,42)43/h5,7-8,14-16,19,21,24H,4,6,9-13,31H2,1-3H3,(H2,32,34)(H2,33,35)(H,36,39)(H,41,42,43)/b37-23-. The van der Waals surface area contributed by atoms with Crippen LogP contribution in [0.25, 0.3) is 0 Å². The van der Waals surface area contributed by atoms with E-state index in [0.29, 0.717) is 46.9 Å². The number of nitrogens with one attached hydrogen (secondary N) is 1. The molecule has 0 radical (unpaired) electrons. The van der Waals surface area contributed by atoms with Gasteiger partial charge in [0.05, 0.1) is 5.54 Å². The van der Waals surface area contributed by atoms with Crippen LogP contribution >= 0.6 is 11.3 Å². The molecule has 1 spiro atoms. The molecule has 6 rings (SSSR count). The van der Waals surface area contributed by atoms with Crippen LogP contribution in [-0.4, -0.2) is 82.8 Å². The van der Waals surface area contributed by atoms with Crippen molar-refractivity contribution in [2.45, 2.75) is 89.1 Å². The Morgan fingerprint density at radius 1 is 1.29 bits per heavy atom. The van der Waals surface area contributed by atoms with Gasteiger partial charge in [0.25, 0.3) is 11.8 Å². The van der Waals surface area contributed by atoms with Gasteiger partial charge >= 0.3 is 10.4 Å². The summed E-state index contributed by atoms with van der Waals surface area (Å²) in [5, 5.41) is 8.75. The third-order valence-corrected chi connectivity index (χ3v) is 10.6. The normalized spacial score (nSPS) is 28.8. The number of rotatable bonds is 11. The molecule has 16 nitrogen and oxygen atoms in total. The second-order valence-electron chi connectivity index (χ2n) is 13.7. The number of oxime groups is 1. The Balaban J connectivity index is 1.07. The van der Waals surface area contributed by atoms with E-state index < -0.39 is 46.0 Å². The topological polar surface area (TPSA) is 247 Å². The van der Waals surface area contributed by atoms with Gasteiger partial charge in [-0.15, -0.1) is 15.6 Å². The Bertz CT molecular complexity index is 1760. The highest BCUT2D eigenvalue weighted by Gasteiger charge is 2.58. The van der Waals surface area contributed by atoms with Gasteiger partial charge in [-0.05, 0) is 94.4 Å². The fraction of sp³-hybridized carbons (Fsp3) is 0.567. The number of thiazole rings is 1. The van der Waals surface area contributed by atoms with Gasteiger partial charge < -0.3 is 32.1 Å². The Morgan fingerprint density at radius 3 is 2.65 bits per heavy atom. The largest absolute Gasteiger partial charge is 0.486 e. The van der Waals surface area contributed by atoms with Crippen molar-refractivity contribution in [1.29, 1.82) is 0 Å². The molecular weight excluding hydrogens is 665 g/mol. The van der Waals surface area contributed by atoms with Gasteiger partial charge in [0, 0.05) is 23.5 Å². The van der Waals surface area contributed by atoms with Crippen LogP contribution in [0.1, 0.15) is 69.7 Å². The lowest BCUT2D eigenvalue weighted by atomic mass is 9.50. The fourth-order valence-corrected chi connectivity index (χ4v) is 8.12. The molecule has 4 aliphatic rings. The molecule has 2 aliphatic heterocycles. The highest BCUT2D eigenvalue weighted by Crippen LogP contribution is 2.58. The average molecular weight is 705 g/mol. The van der Waals surface area contributed by atoms with E-state index in [1.165, 1.54) is 32.1 Å². The van der Waals surface area contributed by atoms with Crippen LogP contribution in [0.15, 0.2) is 33.7 Å². The molecule has 0 bridgehead atoms. The van der Waals surface area contributed by atoms with E-state index in [1.807, 2.05) is 18.2 Å². The van der Waals surface area contributed by atoms with Crippen LogP contribution in [0.2, 0.25) is 0 Å². The maximum Gasteiger partial charge on any atom is 0.418 e. The van der Waals surface area contributed by atoms with E-state index in [9.17, 15) is 18.0 Å². The van der Waals surface area contributed by atoms with Gasteiger partial charge in [-0.1, -0.05) is 5.16 Å². The number of amides is 2. The number of β-lactam (4-membered cyclic amide) rings is 1. The molecule has 48 heavy (non-hydrogen) atoms. The molecule has 8 N–H and O–H groups in total. The summed E-state index contributed by atoms with van der Waals surface area (Å²) in [4.78, 5) is 40.5. The number of ether oxygens (including phenoxy) is 1. The number of fused-ring (bicyclic) bond motifs is 1. The van der Waals surface area contributed by atoms with E-state index in [1.54, 1.807) is 6.92 Å². The van der Waals surface area contributed by atoms with Crippen molar-refractivity contribution in [3.8, 4) is 5.75 Å². The minimum Gasteiger partial charge on any atom is -0.486 e. The predicted molar refractivity (Wildman–Crippen MR) is 176 cm³/mol. The number of carbonyl (C=O) groups excluding carboxylic acids is 2. The highest BCUT2D eigenvalue weighted by atomic mass is 32.3. The smallest absolute Gasteiger partial charge is 0.418 e. The van der Waals surface area contributed by atoms with E-state index in [-0.39, 0.29) is 16.5 Å². The monoisotopic (exact) mass is 704 g/mol. The molecule has 3 heterocycles. The van der Waals surface area contributed by atoms with Crippen LogP contribution in [0.5, 0.6) is 5.75 Å². The second-order valence-corrected chi connectivity index (χ2v) is 15.6. The number of hydrogen-bond donors (Lipinski definition) is 5. The van der Waals surface area contributed by atoms with Crippen molar-refractivity contribution in [2.24, 2.45) is 32.9 Å². The van der Waals surface area contributed by atoms with E-state index >= 15 is 0 Å². The highest BCUT2D eigenvalue weighted by molar-refractivity contribution is 7.80. The minimum absolute atomic E-state index is 0.114. The number of hydrogen-bond acceptors (Lipinski definition) is 13. The summed E-state index contributed by atoms with van der Waals surface area (Å²) in [6.45, 7) is 5.36. The van der Waals surface area contributed by atoms with Gasteiger partial charge in [0.1, 0.15) is 29.4 Å². The van der Waals surface area contributed by atoms with Gasteiger partial charge in [0.2, 0.25) is 0 Å². The average Bonchev–Trinajstić information content (AvgIpc) is 3.43. The Morgan fingerprint density at radius 2 is 2.02 bits per heavy atom. The molecule has 1 aromatic heterocycles. The zero-order valence-electron chi connectivity index (χ0n) is 26.8. The summed E-state index contributed by atoms with van der Waals surface area (Å²) in [6, 6.07) is 4.91. The van der Waals surface area contributed by atoms with Crippen molar-refractivity contribution in [3.05, 3.63) is 40.4 Å². The molecule has 2 aromatic rings. The maximum absolute atomic E-state index is 13.3. The summed E-state index contributed by atoms with van der Waals surface area (Å²) in [7, 11) is -4.96. The predicted octanol–water partition coefficient (Wildman–Crippen LogP) is 1.29. The minimum atomic E-state index is -4.96. The number of nitrogens with zero attached hydrogens (tertiary/aromatic N) is 4. The maximum atomic E-state index is 13.3. The second kappa shape index (κ2) is 12.6. The summed E-state index contributed by atoms with van der Waals surface area (Å²) < 4.78 is 41.9. The molecule has 2 aliphatic carbocycles. The number of nitrogen functional groups attached to an aromatic ring is 1. The van der Waals surface area contributed by atoms with E-state index in [0.717, 1.165) is 41.9 Å². The van der Waals surface area contributed by atoms with Crippen molar-refractivity contribution in [3.63, 3.8) is 0 Å². The molecular formula is C30H40N8O8S2. The van der Waals surface area contributed by atoms with Crippen molar-refractivity contribution in [2.75, 3.05) is 12.3 Å². The molecule has 3 unspecified atom stereocenters. The Labute approximate surface area is 282 Å². The first-order valence-electron chi connectivity index (χ1n) is 15.7. The van der Waals surface area contributed by atoms with Crippen LogP contribution in [0, 0.1) is 11.3 Å². The van der Waals surface area contributed by atoms with Crippen LogP contribution < -0.4 is 27.3 Å². The first-order chi connectivity index (χ1) is 22.5. The number of aromatic nitrogens is 1. The number of amidine groups is 1. The van der Waals surface area contributed by atoms with Crippen molar-refractivity contribution >= 4 is 50.2 Å². The lowest BCUT2D eigenvalue weighted by Crippen LogP contribution is -2.76. The number of nitrogens with two attached hydrogens (primary N) is 3. The summed E-state index contributed by atoms with van der Waals surface area (Å²) in [5.41, 5.74) is 19.0. The third-order valence-electron chi connectivity index (χ3n) is 9.62. The zero-order valence-corrected chi connectivity index (χ0v) is 28.4. The lowest BCUT2D eigenvalue weighted by molar-refractivity contribution is -0.218. The molecule has 3 atom stereocenters. The fourth-order valence-electron chi connectivity index (χ4n) is 7.12. The van der Waals surface area contributed by atoms with Crippen LogP contribution in [0.4, 0.5) is 5.13 Å². The number of carbonyl (C=O) groups is 2. The number of benzene rings is 1. The van der Waals surface area contributed by atoms with Gasteiger partial charge in [-0.2, -0.15) is 13.5 Å². The molecule has 1 saturated heterocycles. The summed E-state index contributed by atoms with van der Waals surface area (Å²) >= 11 is 1.08. The zero-order chi connectivity index (χ0) is 34.6. The molecule has 1 aromatic carbocycles. The van der Waals surface area contributed by atoms with Crippen LogP contribution in [-0.2, 0) is 35.5 Å². The Hall–Kier alpha value is -3.84. The first kappa shape index (κ1) is 34.0. The number of hydroxylamine groups is 2.